The lowest BCUT2D eigenvalue weighted by Gasteiger charge is -2.11. The molecule has 1 fully saturated rings. The largest absolute Gasteiger partial charge is 0.383 e. The smallest absolute Gasteiger partial charge is 0.258 e. The third-order valence-corrected chi connectivity index (χ3v) is 4.59. The summed E-state index contributed by atoms with van der Waals surface area (Å²) in [7, 11) is 1.74. The number of hydrogen-bond acceptors (Lipinski definition) is 3. The van der Waals surface area contributed by atoms with Gasteiger partial charge in [-0.15, -0.1) is 0 Å². The van der Waals surface area contributed by atoms with Crippen LogP contribution < -0.4 is 5.73 Å². The Bertz CT molecular complexity index is 666. The van der Waals surface area contributed by atoms with Gasteiger partial charge in [0.1, 0.15) is 5.82 Å². The number of halogens is 1. The Morgan fingerprint density at radius 3 is 2.62 bits per heavy atom. The quantitative estimate of drug-likeness (QED) is 0.884. The van der Waals surface area contributed by atoms with Crippen LogP contribution in [0.1, 0.15) is 52.7 Å². The van der Waals surface area contributed by atoms with Crippen molar-refractivity contribution >= 4 is 22.7 Å². The molecule has 0 amide bonds. The molecule has 110 valence electrons. The van der Waals surface area contributed by atoms with Crippen LogP contribution in [-0.2, 0) is 7.05 Å². The maximum Gasteiger partial charge on any atom is 0.258 e. The second kappa shape index (κ2) is 5.53. The minimum Gasteiger partial charge on any atom is -0.383 e. The van der Waals surface area contributed by atoms with Gasteiger partial charge in [-0.1, -0.05) is 30.3 Å². The number of nitrogens with zero attached hydrogens (tertiary/aromatic N) is 2. The van der Waals surface area contributed by atoms with E-state index in [0.29, 0.717) is 17.3 Å². The zero-order chi connectivity index (χ0) is 15.0. The Morgan fingerprint density at radius 1 is 1.29 bits per heavy atom. The molecule has 4 nitrogen and oxygen atoms in total. The average Bonchev–Trinajstić information content (AvgIpc) is 3.06. The number of nitrogen functional groups attached to an aromatic ring is 1. The van der Waals surface area contributed by atoms with Crippen LogP contribution in [0.5, 0.6) is 0 Å². The van der Waals surface area contributed by atoms with Gasteiger partial charge in [-0.25, -0.2) is 0 Å². The van der Waals surface area contributed by atoms with Gasteiger partial charge >= 0.3 is 0 Å². The molecule has 2 atom stereocenters. The Kier molecular flexibility index (Phi) is 3.72. The van der Waals surface area contributed by atoms with Gasteiger partial charge in [0.2, 0.25) is 0 Å². The highest BCUT2D eigenvalue weighted by molar-refractivity contribution is 6.68. The Morgan fingerprint density at radius 2 is 1.95 bits per heavy atom. The maximum absolute atomic E-state index is 11.6. The number of hydrogen-bond donors (Lipinski definition) is 1. The molecular weight excluding hydrogens is 286 g/mol. The summed E-state index contributed by atoms with van der Waals surface area (Å²) in [5.74, 6) is 1.11. The predicted octanol–water partition coefficient (Wildman–Crippen LogP) is 3.43. The van der Waals surface area contributed by atoms with Crippen molar-refractivity contribution in [1.82, 2.24) is 9.78 Å². The first-order valence-electron chi connectivity index (χ1n) is 7.15. The summed E-state index contributed by atoms with van der Waals surface area (Å²) < 4.78 is 1.54. The van der Waals surface area contributed by atoms with E-state index < -0.39 is 5.24 Å². The SMILES string of the molecule is Cn1nc(C2CCC(c3ccccc3)C2)c(C(=O)Cl)c1N. The highest BCUT2D eigenvalue weighted by Gasteiger charge is 2.32. The first kappa shape index (κ1) is 14.1. The molecule has 0 saturated heterocycles. The average molecular weight is 304 g/mol. The Labute approximate surface area is 128 Å². The van der Waals surface area contributed by atoms with Gasteiger partial charge < -0.3 is 5.73 Å². The molecule has 5 heteroatoms. The van der Waals surface area contributed by atoms with Crippen molar-refractivity contribution in [2.45, 2.75) is 31.1 Å². The van der Waals surface area contributed by atoms with Crippen molar-refractivity contribution in [3.8, 4) is 0 Å². The van der Waals surface area contributed by atoms with Crippen LogP contribution in [0.3, 0.4) is 0 Å². The van der Waals surface area contributed by atoms with Gasteiger partial charge in [-0.05, 0) is 42.3 Å². The van der Waals surface area contributed by atoms with Crippen LogP contribution in [0.2, 0.25) is 0 Å². The fraction of sp³-hybridized carbons (Fsp3) is 0.375. The lowest BCUT2D eigenvalue weighted by Crippen LogP contribution is -2.03. The predicted molar refractivity (Wildman–Crippen MR) is 83.6 cm³/mol. The van der Waals surface area contributed by atoms with Crippen molar-refractivity contribution in [2.24, 2.45) is 7.05 Å². The summed E-state index contributed by atoms with van der Waals surface area (Å²) in [6, 6.07) is 10.5. The lowest BCUT2D eigenvalue weighted by molar-refractivity contribution is 0.108. The van der Waals surface area contributed by atoms with E-state index in [4.69, 9.17) is 17.3 Å². The molecule has 0 bridgehead atoms. The van der Waals surface area contributed by atoms with Crippen LogP contribution >= 0.6 is 11.6 Å². The van der Waals surface area contributed by atoms with Crippen LogP contribution in [0.4, 0.5) is 5.82 Å². The lowest BCUT2D eigenvalue weighted by atomic mass is 9.94. The monoisotopic (exact) mass is 303 g/mol. The summed E-state index contributed by atoms with van der Waals surface area (Å²) in [6.07, 6.45) is 3.09. The van der Waals surface area contributed by atoms with Gasteiger partial charge in [0.05, 0.1) is 11.3 Å². The number of nitrogens with two attached hydrogens (primary N) is 1. The van der Waals surface area contributed by atoms with Gasteiger partial charge in [0, 0.05) is 13.0 Å². The normalized spacial score (nSPS) is 21.6. The van der Waals surface area contributed by atoms with Crippen molar-refractivity contribution in [3.63, 3.8) is 0 Å². The molecule has 2 N–H and O–H groups in total. The minimum atomic E-state index is -0.515. The molecule has 1 aliphatic carbocycles. The van der Waals surface area contributed by atoms with Crippen molar-refractivity contribution in [2.75, 3.05) is 5.73 Å². The number of carbonyl (C=O) groups is 1. The molecule has 1 aliphatic rings. The third kappa shape index (κ3) is 2.56. The van der Waals surface area contributed by atoms with Crippen LogP contribution in [-0.4, -0.2) is 15.0 Å². The molecule has 1 saturated carbocycles. The van der Waals surface area contributed by atoms with Gasteiger partial charge in [0.25, 0.3) is 5.24 Å². The van der Waals surface area contributed by atoms with E-state index in [2.05, 4.69) is 29.4 Å². The fourth-order valence-corrected chi connectivity index (χ4v) is 3.50. The molecule has 3 rings (SSSR count). The molecule has 2 unspecified atom stereocenters. The molecule has 2 aromatic rings. The highest BCUT2D eigenvalue weighted by Crippen LogP contribution is 2.44. The first-order valence-corrected chi connectivity index (χ1v) is 7.53. The second-order valence-corrected chi connectivity index (χ2v) is 6.00. The fourth-order valence-electron chi connectivity index (χ4n) is 3.30. The molecule has 21 heavy (non-hydrogen) atoms. The van der Waals surface area contributed by atoms with Gasteiger partial charge in [0.15, 0.2) is 0 Å². The van der Waals surface area contributed by atoms with Crippen LogP contribution in [0, 0.1) is 0 Å². The number of rotatable bonds is 3. The molecule has 0 radical (unpaired) electrons. The molecule has 1 aromatic carbocycles. The molecule has 0 aliphatic heterocycles. The van der Waals surface area contributed by atoms with E-state index >= 15 is 0 Å². The Hall–Kier alpha value is -1.81. The van der Waals surface area contributed by atoms with E-state index in [0.717, 1.165) is 25.0 Å². The zero-order valence-corrected chi connectivity index (χ0v) is 12.7. The summed E-state index contributed by atoms with van der Waals surface area (Å²) >= 11 is 5.69. The second-order valence-electron chi connectivity index (χ2n) is 5.66. The molecule has 1 aromatic heterocycles. The molecular formula is C16H18ClN3O. The van der Waals surface area contributed by atoms with Crippen molar-refractivity contribution in [3.05, 3.63) is 47.2 Å². The topological polar surface area (TPSA) is 60.9 Å². The summed E-state index contributed by atoms with van der Waals surface area (Å²) in [5.41, 5.74) is 8.41. The summed E-state index contributed by atoms with van der Waals surface area (Å²) in [4.78, 5) is 11.6. The summed E-state index contributed by atoms with van der Waals surface area (Å²) in [6.45, 7) is 0. The van der Waals surface area contributed by atoms with E-state index in [1.54, 1.807) is 11.7 Å². The zero-order valence-electron chi connectivity index (χ0n) is 11.9. The number of carbonyl (C=O) groups excluding carboxylic acids is 1. The molecule has 0 spiro atoms. The van der Waals surface area contributed by atoms with Crippen molar-refractivity contribution < 1.29 is 4.79 Å². The highest BCUT2D eigenvalue weighted by atomic mass is 35.5. The number of benzene rings is 1. The molecule has 1 heterocycles. The number of aromatic nitrogens is 2. The van der Waals surface area contributed by atoms with E-state index in [-0.39, 0.29) is 5.92 Å². The minimum absolute atomic E-state index is 0.247. The Balaban J connectivity index is 1.87. The van der Waals surface area contributed by atoms with E-state index in [1.165, 1.54) is 5.56 Å². The standard InChI is InChI=1S/C16H18ClN3O/c1-20-16(18)13(15(17)21)14(19-20)12-8-7-11(9-12)10-5-3-2-4-6-10/h2-6,11-12H,7-9,18H2,1H3. The van der Waals surface area contributed by atoms with E-state index in [1.807, 2.05) is 6.07 Å². The van der Waals surface area contributed by atoms with Gasteiger partial charge in [-0.2, -0.15) is 5.10 Å². The first-order chi connectivity index (χ1) is 10.1. The number of aryl methyl sites for hydroxylation is 1. The van der Waals surface area contributed by atoms with Crippen LogP contribution in [0.25, 0.3) is 0 Å². The van der Waals surface area contributed by atoms with E-state index in [9.17, 15) is 4.79 Å². The number of anilines is 1. The van der Waals surface area contributed by atoms with Crippen molar-refractivity contribution in [1.29, 1.82) is 0 Å². The third-order valence-electron chi connectivity index (χ3n) is 4.41. The van der Waals surface area contributed by atoms with Crippen LogP contribution in [0.15, 0.2) is 30.3 Å². The van der Waals surface area contributed by atoms with Gasteiger partial charge in [-0.3, -0.25) is 9.48 Å². The maximum atomic E-state index is 11.6. The summed E-state index contributed by atoms with van der Waals surface area (Å²) in [5, 5.41) is 3.91.